The summed E-state index contributed by atoms with van der Waals surface area (Å²) < 4.78 is 0. The van der Waals surface area contributed by atoms with Gasteiger partial charge in [-0.25, -0.2) is 0 Å². The van der Waals surface area contributed by atoms with Crippen LogP contribution >= 0.6 is 11.6 Å². The zero-order valence-electron chi connectivity index (χ0n) is 11.8. The van der Waals surface area contributed by atoms with E-state index in [1.165, 1.54) is 24.1 Å². The molecule has 1 heterocycles. The minimum Gasteiger partial charge on any atom is -0.371 e. The van der Waals surface area contributed by atoms with Gasteiger partial charge in [0.2, 0.25) is 0 Å². The first-order chi connectivity index (χ1) is 9.13. The second-order valence-corrected chi connectivity index (χ2v) is 6.70. The first kappa shape index (κ1) is 13.3. The van der Waals surface area contributed by atoms with E-state index in [2.05, 4.69) is 42.3 Å². The number of anilines is 1. The monoisotopic (exact) mass is 278 g/mol. The lowest BCUT2D eigenvalue weighted by atomic mass is 10.0. The van der Waals surface area contributed by atoms with Gasteiger partial charge in [-0.15, -0.1) is 0 Å². The fourth-order valence-corrected chi connectivity index (χ4v) is 3.00. The van der Waals surface area contributed by atoms with Gasteiger partial charge in [0.25, 0.3) is 0 Å². The van der Waals surface area contributed by atoms with Crippen molar-refractivity contribution >= 4 is 17.3 Å². The maximum absolute atomic E-state index is 6.42. The van der Waals surface area contributed by atoms with Gasteiger partial charge in [-0.1, -0.05) is 31.5 Å². The molecule has 2 nitrogen and oxygen atoms in total. The van der Waals surface area contributed by atoms with Gasteiger partial charge in [0.05, 0.1) is 0 Å². The molecule has 0 radical (unpaired) electrons. The van der Waals surface area contributed by atoms with Crippen LogP contribution in [0.2, 0.25) is 5.02 Å². The van der Waals surface area contributed by atoms with E-state index in [-0.39, 0.29) is 0 Å². The molecule has 1 saturated carbocycles. The minimum absolute atomic E-state index is 0.732. The molecule has 1 aromatic carbocycles. The second kappa shape index (κ2) is 5.34. The fourth-order valence-electron chi connectivity index (χ4n) is 2.76. The van der Waals surface area contributed by atoms with Crippen LogP contribution in [-0.4, -0.2) is 19.1 Å². The van der Waals surface area contributed by atoms with Crippen molar-refractivity contribution in [2.75, 3.05) is 18.0 Å². The van der Waals surface area contributed by atoms with Crippen molar-refractivity contribution in [3.05, 3.63) is 28.8 Å². The van der Waals surface area contributed by atoms with E-state index < -0.39 is 0 Å². The Labute approximate surface area is 121 Å². The second-order valence-electron chi connectivity index (χ2n) is 6.29. The van der Waals surface area contributed by atoms with Crippen molar-refractivity contribution in [2.45, 2.75) is 39.3 Å². The normalized spacial score (nSPS) is 27.0. The molecule has 3 rings (SSSR count). The number of nitrogens with one attached hydrogen (secondary N) is 1. The Morgan fingerprint density at radius 1 is 1.21 bits per heavy atom. The lowest BCUT2D eigenvalue weighted by molar-refractivity contribution is 0.494. The van der Waals surface area contributed by atoms with Crippen LogP contribution in [0.4, 0.5) is 5.69 Å². The maximum Gasteiger partial charge on any atom is 0.0471 e. The van der Waals surface area contributed by atoms with Gasteiger partial charge in [0.1, 0.15) is 0 Å². The molecule has 1 aliphatic heterocycles. The standard InChI is InChI=1S/C16H23ClN2/c1-11-9-19(10-12(11)2)15-6-3-13(16(17)7-15)8-18-14-4-5-14/h3,6-7,11-12,14,18H,4-5,8-10H2,1-2H3. The average molecular weight is 279 g/mol. The van der Waals surface area contributed by atoms with E-state index in [1.807, 2.05) is 0 Å². The van der Waals surface area contributed by atoms with Crippen LogP contribution in [0.5, 0.6) is 0 Å². The van der Waals surface area contributed by atoms with Crippen molar-refractivity contribution < 1.29 is 0 Å². The van der Waals surface area contributed by atoms with Crippen molar-refractivity contribution in [1.82, 2.24) is 5.32 Å². The summed E-state index contributed by atoms with van der Waals surface area (Å²) in [4.78, 5) is 2.46. The predicted octanol–water partition coefficient (Wildman–Crippen LogP) is 3.68. The molecule has 2 unspecified atom stereocenters. The molecule has 2 fully saturated rings. The number of hydrogen-bond acceptors (Lipinski definition) is 2. The summed E-state index contributed by atoms with van der Waals surface area (Å²) in [5.74, 6) is 1.55. The van der Waals surface area contributed by atoms with Crippen LogP contribution in [0, 0.1) is 11.8 Å². The Kier molecular flexibility index (Phi) is 3.72. The molecule has 3 heteroatoms. The van der Waals surface area contributed by atoms with E-state index in [0.717, 1.165) is 42.5 Å². The lowest BCUT2D eigenvalue weighted by Gasteiger charge is -2.19. The Morgan fingerprint density at radius 2 is 1.89 bits per heavy atom. The molecule has 0 amide bonds. The minimum atomic E-state index is 0.732. The van der Waals surface area contributed by atoms with E-state index >= 15 is 0 Å². The topological polar surface area (TPSA) is 15.3 Å². The lowest BCUT2D eigenvalue weighted by Crippen LogP contribution is -2.20. The van der Waals surface area contributed by atoms with Crippen LogP contribution in [0.1, 0.15) is 32.3 Å². The van der Waals surface area contributed by atoms with Gasteiger partial charge in [-0.3, -0.25) is 0 Å². The van der Waals surface area contributed by atoms with Crippen LogP contribution in [0.15, 0.2) is 18.2 Å². The van der Waals surface area contributed by atoms with Gasteiger partial charge < -0.3 is 10.2 Å². The third-order valence-corrected chi connectivity index (χ3v) is 4.90. The van der Waals surface area contributed by atoms with Gasteiger partial charge in [0.15, 0.2) is 0 Å². The number of rotatable bonds is 4. The number of hydrogen-bond donors (Lipinski definition) is 1. The molecule has 2 aliphatic rings. The first-order valence-corrected chi connectivity index (χ1v) is 7.78. The van der Waals surface area contributed by atoms with E-state index in [4.69, 9.17) is 11.6 Å². The quantitative estimate of drug-likeness (QED) is 0.904. The molecular formula is C16H23ClN2. The largest absolute Gasteiger partial charge is 0.371 e. The van der Waals surface area contributed by atoms with Crippen LogP contribution < -0.4 is 10.2 Å². The highest BCUT2D eigenvalue weighted by Crippen LogP contribution is 2.31. The zero-order valence-corrected chi connectivity index (χ0v) is 12.6. The van der Waals surface area contributed by atoms with Crippen LogP contribution in [0.25, 0.3) is 0 Å². The molecule has 1 saturated heterocycles. The highest BCUT2D eigenvalue weighted by molar-refractivity contribution is 6.31. The van der Waals surface area contributed by atoms with Crippen molar-refractivity contribution in [1.29, 1.82) is 0 Å². The molecule has 1 N–H and O–H groups in total. The molecule has 19 heavy (non-hydrogen) atoms. The van der Waals surface area contributed by atoms with E-state index in [9.17, 15) is 0 Å². The van der Waals surface area contributed by atoms with Crippen LogP contribution in [-0.2, 0) is 6.54 Å². The Bertz CT molecular complexity index is 446. The molecule has 2 atom stereocenters. The summed E-state index contributed by atoms with van der Waals surface area (Å²) in [5.41, 5.74) is 2.49. The summed E-state index contributed by atoms with van der Waals surface area (Å²) in [7, 11) is 0. The SMILES string of the molecule is CC1CN(c2ccc(CNC3CC3)c(Cl)c2)CC1C. The molecule has 0 bridgehead atoms. The smallest absolute Gasteiger partial charge is 0.0471 e. The van der Waals surface area contributed by atoms with Crippen molar-refractivity contribution in [3.8, 4) is 0 Å². The average Bonchev–Trinajstić information content (AvgIpc) is 3.14. The summed E-state index contributed by atoms with van der Waals surface area (Å²) in [5, 5.41) is 4.42. The maximum atomic E-state index is 6.42. The Balaban J connectivity index is 1.68. The highest BCUT2D eigenvalue weighted by atomic mass is 35.5. The van der Waals surface area contributed by atoms with Gasteiger partial charge in [0, 0.05) is 36.4 Å². The van der Waals surface area contributed by atoms with Crippen molar-refractivity contribution in [3.63, 3.8) is 0 Å². The number of halogens is 1. The van der Waals surface area contributed by atoms with Crippen molar-refractivity contribution in [2.24, 2.45) is 11.8 Å². The third-order valence-electron chi connectivity index (χ3n) is 4.55. The molecular weight excluding hydrogens is 256 g/mol. The summed E-state index contributed by atoms with van der Waals surface area (Å²) in [6.07, 6.45) is 2.64. The summed E-state index contributed by atoms with van der Waals surface area (Å²) in [6.45, 7) is 7.87. The zero-order chi connectivity index (χ0) is 13.4. The van der Waals surface area contributed by atoms with Gasteiger partial charge >= 0.3 is 0 Å². The highest BCUT2D eigenvalue weighted by Gasteiger charge is 2.26. The molecule has 0 spiro atoms. The van der Waals surface area contributed by atoms with E-state index in [1.54, 1.807) is 0 Å². The first-order valence-electron chi connectivity index (χ1n) is 7.40. The third kappa shape index (κ3) is 3.06. The molecule has 1 aromatic rings. The predicted molar refractivity (Wildman–Crippen MR) is 81.9 cm³/mol. The molecule has 104 valence electrons. The number of nitrogens with zero attached hydrogens (tertiary/aromatic N) is 1. The Hall–Kier alpha value is -0.730. The van der Waals surface area contributed by atoms with E-state index in [0.29, 0.717) is 0 Å². The fraction of sp³-hybridized carbons (Fsp3) is 0.625. The number of benzene rings is 1. The summed E-state index contributed by atoms with van der Waals surface area (Å²) in [6, 6.07) is 7.27. The van der Waals surface area contributed by atoms with Crippen LogP contribution in [0.3, 0.4) is 0 Å². The molecule has 1 aliphatic carbocycles. The van der Waals surface area contributed by atoms with Gasteiger partial charge in [-0.2, -0.15) is 0 Å². The summed E-state index contributed by atoms with van der Waals surface area (Å²) >= 11 is 6.42. The van der Waals surface area contributed by atoms with Gasteiger partial charge in [-0.05, 0) is 42.4 Å². The Morgan fingerprint density at radius 3 is 2.47 bits per heavy atom. The molecule has 0 aromatic heterocycles.